The minimum Gasteiger partial charge on any atom is -0.389 e. The third-order valence-electron chi connectivity index (χ3n) is 4.15. The molecule has 7 nitrogen and oxygen atoms in total. The smallest absolute Gasteiger partial charge is 0.297 e. The first kappa shape index (κ1) is 22.5. The molecule has 0 amide bonds. The lowest BCUT2D eigenvalue weighted by molar-refractivity contribution is 0.0929. The van der Waals surface area contributed by atoms with E-state index in [4.69, 9.17) is 4.18 Å². The molecule has 0 aliphatic heterocycles. The van der Waals surface area contributed by atoms with Crippen LogP contribution in [0.1, 0.15) is 18.1 Å². The maximum Gasteiger partial charge on any atom is 0.297 e. The molecule has 1 atom stereocenters. The highest BCUT2D eigenvalue weighted by atomic mass is 32.2. The van der Waals surface area contributed by atoms with E-state index in [0.717, 1.165) is 15.4 Å². The zero-order valence-corrected chi connectivity index (χ0v) is 17.7. The van der Waals surface area contributed by atoms with Gasteiger partial charge >= 0.3 is 0 Å². The van der Waals surface area contributed by atoms with Gasteiger partial charge in [0.2, 0.25) is 10.0 Å². The lowest BCUT2D eigenvalue weighted by Crippen LogP contribution is -2.39. The first-order valence-electron chi connectivity index (χ1n) is 8.77. The van der Waals surface area contributed by atoms with Crippen LogP contribution in [0.25, 0.3) is 0 Å². The molecule has 9 heteroatoms. The third-order valence-corrected chi connectivity index (χ3v) is 7.40. The van der Waals surface area contributed by atoms with E-state index in [2.05, 4.69) is 0 Å². The molecule has 0 heterocycles. The van der Waals surface area contributed by atoms with Crippen LogP contribution in [-0.2, 0) is 24.3 Å². The van der Waals surface area contributed by atoms with Crippen molar-refractivity contribution in [2.75, 3.05) is 19.7 Å². The second-order valence-corrected chi connectivity index (χ2v) is 10.0. The maximum absolute atomic E-state index is 12.7. The van der Waals surface area contributed by atoms with Gasteiger partial charge in [0.25, 0.3) is 10.1 Å². The van der Waals surface area contributed by atoms with Gasteiger partial charge in [0.1, 0.15) is 0 Å². The number of benzene rings is 2. The number of sulfonamides is 1. The quantitative estimate of drug-likeness (QED) is 0.615. The molecule has 1 N–H and O–H groups in total. The number of nitrogens with zero attached hydrogens (tertiary/aromatic N) is 1. The van der Waals surface area contributed by atoms with Crippen molar-refractivity contribution in [2.24, 2.45) is 0 Å². The maximum atomic E-state index is 12.7. The van der Waals surface area contributed by atoms with E-state index in [1.165, 1.54) is 24.3 Å². The summed E-state index contributed by atoms with van der Waals surface area (Å²) >= 11 is 0. The van der Waals surface area contributed by atoms with Gasteiger partial charge in [-0.1, -0.05) is 42.3 Å². The molecule has 28 heavy (non-hydrogen) atoms. The average Bonchev–Trinajstić information content (AvgIpc) is 2.65. The van der Waals surface area contributed by atoms with Crippen LogP contribution in [0.5, 0.6) is 0 Å². The van der Waals surface area contributed by atoms with Gasteiger partial charge in [-0.3, -0.25) is 4.18 Å². The van der Waals surface area contributed by atoms with Gasteiger partial charge in [-0.25, -0.2) is 8.42 Å². The first-order chi connectivity index (χ1) is 13.1. The molecule has 2 aromatic carbocycles. The molecule has 0 bridgehead atoms. The fourth-order valence-corrected chi connectivity index (χ4v) is 4.91. The van der Waals surface area contributed by atoms with Crippen LogP contribution in [0.3, 0.4) is 0 Å². The monoisotopic (exact) mass is 427 g/mol. The van der Waals surface area contributed by atoms with Gasteiger partial charge in [-0.2, -0.15) is 12.7 Å². The molecule has 2 aromatic rings. The van der Waals surface area contributed by atoms with Crippen molar-refractivity contribution >= 4 is 20.1 Å². The fourth-order valence-electron chi connectivity index (χ4n) is 2.49. The average molecular weight is 428 g/mol. The Morgan fingerprint density at radius 2 is 1.36 bits per heavy atom. The Morgan fingerprint density at radius 3 is 1.82 bits per heavy atom. The number of rotatable bonds is 9. The van der Waals surface area contributed by atoms with Crippen LogP contribution in [0.2, 0.25) is 0 Å². The Labute approximate surface area is 166 Å². The van der Waals surface area contributed by atoms with E-state index < -0.39 is 32.9 Å². The lowest BCUT2D eigenvalue weighted by Gasteiger charge is -2.23. The zero-order valence-electron chi connectivity index (χ0n) is 16.1. The van der Waals surface area contributed by atoms with E-state index in [1.54, 1.807) is 31.2 Å². The molecular formula is C19H25NO6S2. The highest BCUT2D eigenvalue weighted by molar-refractivity contribution is 7.89. The van der Waals surface area contributed by atoms with E-state index >= 15 is 0 Å². The number of hydrogen-bond donors (Lipinski definition) is 1. The van der Waals surface area contributed by atoms with Crippen molar-refractivity contribution in [2.45, 2.75) is 36.7 Å². The molecule has 0 spiro atoms. The predicted octanol–water partition coefficient (Wildman–Crippen LogP) is 2.08. The lowest BCUT2D eigenvalue weighted by atomic mass is 10.2. The highest BCUT2D eigenvalue weighted by Crippen LogP contribution is 2.18. The first-order valence-corrected chi connectivity index (χ1v) is 11.6. The van der Waals surface area contributed by atoms with Crippen LogP contribution < -0.4 is 0 Å². The fraction of sp³-hybridized carbons (Fsp3) is 0.368. The third kappa shape index (κ3) is 5.62. The van der Waals surface area contributed by atoms with Crippen molar-refractivity contribution < 1.29 is 26.1 Å². The summed E-state index contributed by atoms with van der Waals surface area (Å²) in [5.74, 6) is 0. The van der Waals surface area contributed by atoms with E-state index in [0.29, 0.717) is 0 Å². The number of hydrogen-bond acceptors (Lipinski definition) is 6. The SMILES string of the molecule is CCN(C[C@@H](O)COS(=O)(=O)c1ccc(C)cc1)S(=O)(=O)c1ccc(C)cc1. The van der Waals surface area contributed by atoms with Crippen molar-refractivity contribution in [1.82, 2.24) is 4.31 Å². The van der Waals surface area contributed by atoms with Crippen molar-refractivity contribution in [1.29, 1.82) is 0 Å². The predicted molar refractivity (Wildman–Crippen MR) is 106 cm³/mol. The Balaban J connectivity index is 2.04. The molecule has 0 unspecified atom stereocenters. The van der Waals surface area contributed by atoms with E-state index in [9.17, 15) is 21.9 Å². The molecule has 0 fully saturated rings. The molecule has 0 aromatic heterocycles. The summed E-state index contributed by atoms with van der Waals surface area (Å²) in [6.07, 6.45) is -1.31. The summed E-state index contributed by atoms with van der Waals surface area (Å²) < 4.78 is 55.8. The standard InChI is InChI=1S/C19H25NO6S2/c1-4-20(27(22,23)18-9-5-15(2)6-10-18)13-17(21)14-26-28(24,25)19-11-7-16(3)8-12-19/h5-12,17,21H,4,13-14H2,1-3H3/t17-/m1/s1. The van der Waals surface area contributed by atoms with Crippen molar-refractivity contribution in [3.63, 3.8) is 0 Å². The largest absolute Gasteiger partial charge is 0.389 e. The minimum atomic E-state index is -4.03. The van der Waals surface area contributed by atoms with Crippen LogP contribution >= 0.6 is 0 Å². The van der Waals surface area contributed by atoms with Crippen LogP contribution in [0, 0.1) is 13.8 Å². The van der Waals surface area contributed by atoms with Crippen LogP contribution in [0.4, 0.5) is 0 Å². The summed E-state index contributed by atoms with van der Waals surface area (Å²) in [6, 6.07) is 12.5. The van der Waals surface area contributed by atoms with Gasteiger partial charge in [0.05, 0.1) is 22.5 Å². The summed E-state index contributed by atoms with van der Waals surface area (Å²) in [4.78, 5) is 0.0882. The second kappa shape index (κ2) is 9.15. The van der Waals surface area contributed by atoms with Crippen molar-refractivity contribution in [3.05, 3.63) is 59.7 Å². The Hall–Kier alpha value is -1.78. The summed E-state index contributed by atoms with van der Waals surface area (Å²) in [5.41, 5.74) is 1.83. The normalized spacial score (nSPS) is 13.6. The van der Waals surface area contributed by atoms with Gasteiger partial charge in [-0.15, -0.1) is 0 Å². The molecule has 2 rings (SSSR count). The highest BCUT2D eigenvalue weighted by Gasteiger charge is 2.26. The zero-order chi connectivity index (χ0) is 20.9. The van der Waals surface area contributed by atoms with Gasteiger partial charge in [-0.05, 0) is 38.1 Å². The Kier molecular flexibility index (Phi) is 7.35. The Bertz CT molecular complexity index is 984. The number of aliphatic hydroxyl groups is 1. The van der Waals surface area contributed by atoms with Crippen LogP contribution in [-0.4, -0.2) is 52.0 Å². The topological polar surface area (TPSA) is 101 Å². The molecule has 0 aliphatic rings. The minimum absolute atomic E-state index is 0.0232. The van der Waals surface area contributed by atoms with Gasteiger partial charge < -0.3 is 5.11 Å². The van der Waals surface area contributed by atoms with Crippen LogP contribution in [0.15, 0.2) is 58.3 Å². The molecule has 0 radical (unpaired) electrons. The Morgan fingerprint density at radius 1 is 0.893 bits per heavy atom. The second-order valence-electron chi connectivity index (χ2n) is 6.47. The number of aliphatic hydroxyl groups excluding tert-OH is 1. The summed E-state index contributed by atoms with van der Waals surface area (Å²) in [5, 5.41) is 10.2. The van der Waals surface area contributed by atoms with E-state index in [1.807, 2.05) is 13.8 Å². The molecule has 0 aliphatic carbocycles. The number of likely N-dealkylation sites (N-methyl/N-ethyl adjacent to an activating group) is 1. The summed E-state index contributed by atoms with van der Waals surface area (Å²) in [7, 11) is -7.84. The van der Waals surface area contributed by atoms with Gasteiger partial charge in [0, 0.05) is 13.1 Å². The van der Waals surface area contributed by atoms with Crippen molar-refractivity contribution in [3.8, 4) is 0 Å². The molecular weight excluding hydrogens is 402 g/mol. The summed E-state index contributed by atoms with van der Waals surface area (Å²) in [6.45, 7) is 4.62. The van der Waals surface area contributed by atoms with E-state index in [-0.39, 0.29) is 22.9 Å². The van der Waals surface area contributed by atoms with Gasteiger partial charge in [0.15, 0.2) is 0 Å². The molecule has 0 saturated heterocycles. The molecule has 154 valence electrons. The number of aryl methyl sites for hydroxylation is 2. The molecule has 0 saturated carbocycles.